The molecule has 0 aromatic carbocycles. The second kappa shape index (κ2) is 14.5. The SMILES string of the molecule is C=CC[CH2][Sn]([CH2]CCCC)([CH2]CCCC)[CH2]CCCC. The van der Waals surface area contributed by atoms with Gasteiger partial charge in [-0.15, -0.1) is 0 Å². The molecule has 0 bridgehead atoms. The third kappa shape index (κ3) is 10.3. The Morgan fingerprint density at radius 1 is 0.650 bits per heavy atom. The van der Waals surface area contributed by atoms with Crippen LogP contribution in [0.15, 0.2) is 12.7 Å². The summed E-state index contributed by atoms with van der Waals surface area (Å²) in [5, 5.41) is 0. The molecule has 0 nitrogen and oxygen atoms in total. The molecule has 1 heteroatoms. The van der Waals surface area contributed by atoms with Crippen LogP contribution >= 0.6 is 0 Å². The number of rotatable bonds is 15. The quantitative estimate of drug-likeness (QED) is 0.154. The van der Waals surface area contributed by atoms with Crippen molar-refractivity contribution in [3.05, 3.63) is 12.7 Å². The van der Waals surface area contributed by atoms with Crippen LogP contribution in [0.25, 0.3) is 0 Å². The molecule has 0 heterocycles. The molecule has 0 amide bonds. The monoisotopic (exact) mass is 388 g/mol. The molecule has 0 N–H and O–H groups in total. The molecule has 0 aliphatic rings. The van der Waals surface area contributed by atoms with E-state index < -0.39 is 18.4 Å². The zero-order valence-corrected chi connectivity index (χ0v) is 17.5. The third-order valence-corrected chi connectivity index (χ3v) is 20.8. The van der Waals surface area contributed by atoms with E-state index in [0.717, 1.165) is 0 Å². The van der Waals surface area contributed by atoms with E-state index in [0.29, 0.717) is 0 Å². The van der Waals surface area contributed by atoms with Gasteiger partial charge in [0, 0.05) is 0 Å². The standard InChI is InChI=1S/3C5H11.C4H7.Sn/c3*1-3-5-4-2;1-3-4-2;/h3*1,3-5H2,2H3;3H,1-2,4H2;. The fraction of sp³-hybridized carbons (Fsp3) is 0.895. The van der Waals surface area contributed by atoms with E-state index >= 15 is 0 Å². The molecule has 0 fully saturated rings. The van der Waals surface area contributed by atoms with Crippen molar-refractivity contribution >= 4 is 18.4 Å². The Labute approximate surface area is 133 Å². The van der Waals surface area contributed by atoms with E-state index in [-0.39, 0.29) is 0 Å². The van der Waals surface area contributed by atoms with Crippen molar-refractivity contribution in [2.24, 2.45) is 0 Å². The van der Waals surface area contributed by atoms with Gasteiger partial charge in [0.1, 0.15) is 0 Å². The van der Waals surface area contributed by atoms with Crippen molar-refractivity contribution in [2.75, 3.05) is 0 Å². The van der Waals surface area contributed by atoms with Gasteiger partial charge in [-0.2, -0.15) is 0 Å². The van der Waals surface area contributed by atoms with Crippen molar-refractivity contribution in [1.29, 1.82) is 0 Å². The van der Waals surface area contributed by atoms with Crippen molar-refractivity contribution in [3.63, 3.8) is 0 Å². The van der Waals surface area contributed by atoms with Crippen molar-refractivity contribution in [1.82, 2.24) is 0 Å². The van der Waals surface area contributed by atoms with Crippen LogP contribution in [0.4, 0.5) is 0 Å². The van der Waals surface area contributed by atoms with Crippen LogP contribution in [-0.4, -0.2) is 18.4 Å². The first-order valence-corrected chi connectivity index (χ1v) is 17.4. The first-order chi connectivity index (χ1) is 9.74. The summed E-state index contributed by atoms with van der Waals surface area (Å²) in [5.74, 6) is 0. The van der Waals surface area contributed by atoms with Crippen LogP contribution in [-0.2, 0) is 0 Å². The molecule has 0 atom stereocenters. The Hall–Kier alpha value is 0.539. The van der Waals surface area contributed by atoms with Crippen LogP contribution < -0.4 is 0 Å². The number of hydrogen-bond acceptors (Lipinski definition) is 0. The summed E-state index contributed by atoms with van der Waals surface area (Å²) in [5.41, 5.74) is 0. The molecule has 0 rings (SSSR count). The van der Waals surface area contributed by atoms with Gasteiger partial charge in [0.15, 0.2) is 0 Å². The van der Waals surface area contributed by atoms with Gasteiger partial charge in [0.2, 0.25) is 0 Å². The molecule has 0 spiro atoms. The summed E-state index contributed by atoms with van der Waals surface area (Å²) in [4.78, 5) is 0. The van der Waals surface area contributed by atoms with E-state index in [9.17, 15) is 0 Å². The molecule has 0 unspecified atom stereocenters. The molecular formula is C19H40Sn. The van der Waals surface area contributed by atoms with E-state index in [4.69, 9.17) is 0 Å². The predicted molar refractivity (Wildman–Crippen MR) is 98.4 cm³/mol. The Kier molecular flexibility index (Phi) is 14.9. The van der Waals surface area contributed by atoms with E-state index in [1.807, 2.05) is 0 Å². The molecule has 0 aromatic rings. The van der Waals surface area contributed by atoms with Gasteiger partial charge >= 0.3 is 134 Å². The summed E-state index contributed by atoms with van der Waals surface area (Å²) in [6.45, 7) is 11.0. The summed E-state index contributed by atoms with van der Waals surface area (Å²) in [6.07, 6.45) is 16.6. The summed E-state index contributed by atoms with van der Waals surface area (Å²) >= 11 is -1.84. The van der Waals surface area contributed by atoms with Gasteiger partial charge in [0.25, 0.3) is 0 Å². The zero-order valence-electron chi connectivity index (χ0n) is 14.7. The summed E-state index contributed by atoms with van der Waals surface area (Å²) in [7, 11) is 0. The molecule has 20 heavy (non-hydrogen) atoms. The topological polar surface area (TPSA) is 0 Å². The molecular weight excluding hydrogens is 347 g/mol. The van der Waals surface area contributed by atoms with E-state index in [2.05, 4.69) is 33.4 Å². The van der Waals surface area contributed by atoms with Gasteiger partial charge < -0.3 is 0 Å². The first-order valence-electron chi connectivity index (χ1n) is 9.35. The Balaban J connectivity index is 4.51. The number of unbranched alkanes of at least 4 members (excludes halogenated alkanes) is 6. The average molecular weight is 387 g/mol. The van der Waals surface area contributed by atoms with Crippen molar-refractivity contribution in [2.45, 2.75) is 103 Å². The second-order valence-corrected chi connectivity index (χ2v) is 21.0. The van der Waals surface area contributed by atoms with Crippen LogP contribution in [0, 0.1) is 0 Å². The first kappa shape index (κ1) is 20.5. The normalized spacial score (nSPS) is 11.8. The van der Waals surface area contributed by atoms with E-state index in [1.165, 1.54) is 64.2 Å². The average Bonchev–Trinajstić information content (AvgIpc) is 2.46. The van der Waals surface area contributed by atoms with Crippen LogP contribution in [0.1, 0.15) is 85.0 Å². The van der Waals surface area contributed by atoms with Crippen LogP contribution in [0.3, 0.4) is 0 Å². The van der Waals surface area contributed by atoms with Crippen LogP contribution in [0.5, 0.6) is 0 Å². The fourth-order valence-corrected chi connectivity index (χ4v) is 18.6. The maximum atomic E-state index is 3.99. The predicted octanol–water partition coefficient (Wildman–Crippen LogP) is 7.58. The molecule has 0 saturated heterocycles. The van der Waals surface area contributed by atoms with Gasteiger partial charge in [-0.25, -0.2) is 0 Å². The third-order valence-electron chi connectivity index (χ3n) is 4.81. The molecule has 0 aliphatic heterocycles. The van der Waals surface area contributed by atoms with Gasteiger partial charge in [-0.1, -0.05) is 0 Å². The summed E-state index contributed by atoms with van der Waals surface area (Å²) < 4.78 is 6.60. The number of hydrogen-bond donors (Lipinski definition) is 0. The minimum atomic E-state index is -1.84. The van der Waals surface area contributed by atoms with Crippen LogP contribution in [0.2, 0.25) is 17.7 Å². The molecule has 0 aliphatic carbocycles. The minimum absolute atomic E-state index is 1.31. The molecule has 120 valence electrons. The fourth-order valence-electron chi connectivity index (χ4n) is 3.41. The Bertz CT molecular complexity index is 183. The Morgan fingerprint density at radius 3 is 1.35 bits per heavy atom. The molecule has 0 aromatic heterocycles. The van der Waals surface area contributed by atoms with Crippen molar-refractivity contribution in [3.8, 4) is 0 Å². The second-order valence-electron chi connectivity index (χ2n) is 6.70. The van der Waals surface area contributed by atoms with Crippen molar-refractivity contribution < 1.29 is 0 Å². The summed E-state index contributed by atoms with van der Waals surface area (Å²) in [6, 6.07) is 0. The maximum absolute atomic E-state index is 3.99. The molecule has 0 saturated carbocycles. The van der Waals surface area contributed by atoms with Gasteiger partial charge in [-0.3, -0.25) is 0 Å². The Morgan fingerprint density at radius 2 is 1.05 bits per heavy atom. The van der Waals surface area contributed by atoms with Gasteiger partial charge in [-0.05, 0) is 0 Å². The van der Waals surface area contributed by atoms with E-state index in [1.54, 1.807) is 17.7 Å². The molecule has 0 radical (unpaired) electrons. The van der Waals surface area contributed by atoms with Gasteiger partial charge in [0.05, 0.1) is 0 Å². The number of allylic oxidation sites excluding steroid dienone is 1. The zero-order chi connectivity index (χ0) is 15.1.